The van der Waals surface area contributed by atoms with Gasteiger partial charge in [-0.05, 0) is 168 Å². The van der Waals surface area contributed by atoms with Crippen LogP contribution in [0.15, 0.2) is 288 Å². The molecule has 0 spiro atoms. The Labute approximate surface area is 535 Å². The molecule has 92 heavy (non-hydrogen) atoms. The van der Waals surface area contributed by atoms with E-state index < -0.39 is 0 Å². The lowest BCUT2D eigenvalue weighted by molar-refractivity contribution is 0.591. The Kier molecular flexibility index (Phi) is 11.8. The van der Waals surface area contributed by atoms with Gasteiger partial charge in [-0.1, -0.05) is 236 Å². The predicted octanol–water partition coefficient (Wildman–Crippen LogP) is 21.9. The zero-order chi connectivity index (χ0) is 61.7. The third-order valence-corrected chi connectivity index (χ3v) is 19.7. The molecule has 0 unspecified atom stereocenters. The number of furan rings is 2. The van der Waals surface area contributed by atoms with Crippen molar-refractivity contribution in [2.45, 2.75) is 52.4 Å². The third-order valence-electron chi connectivity index (χ3n) is 19.7. The van der Waals surface area contributed by atoms with Gasteiger partial charge in [0.25, 0.3) is 6.71 Å². The van der Waals surface area contributed by atoms with E-state index in [1.165, 1.54) is 60.4 Å². The van der Waals surface area contributed by atoms with Crippen LogP contribution in [0.25, 0.3) is 116 Å². The van der Waals surface area contributed by atoms with E-state index in [-0.39, 0.29) is 17.5 Å². The maximum absolute atomic E-state index is 6.99. The van der Waals surface area contributed by atoms with Crippen LogP contribution in [-0.4, -0.2) is 11.3 Å². The molecule has 3 aromatic heterocycles. The Hall–Kier alpha value is -11.1. The second-order valence-electron chi connectivity index (χ2n) is 27.2. The monoisotopic (exact) mass is 1180 g/mol. The van der Waals surface area contributed by atoms with Crippen LogP contribution in [0.1, 0.15) is 52.7 Å². The van der Waals surface area contributed by atoms with Gasteiger partial charge in [0, 0.05) is 44.3 Å². The van der Waals surface area contributed by atoms with Gasteiger partial charge in [-0.15, -0.1) is 0 Å². The molecule has 0 amide bonds. The summed E-state index contributed by atoms with van der Waals surface area (Å²) in [7, 11) is 0. The Morgan fingerprint density at radius 2 is 0.663 bits per heavy atom. The SMILES string of the molecule is CC(C)(C)c1ccc2c3ccc(C(C)(C)C)cc3n(-c3cc4c5c(c3)N(c3cccc6oc7ccc(-c8ccccc8)cc7c36)c3ccc(-c6ccccc6)cc3B5c3cc(-c5ccccc5)ccc3N4c3cccc4oc5ccc(-c6ccccc6)cc5c34)c2c1. The summed E-state index contributed by atoms with van der Waals surface area (Å²) >= 11 is 0. The van der Waals surface area contributed by atoms with E-state index in [9.17, 15) is 0 Å². The van der Waals surface area contributed by atoms with Crippen LogP contribution in [0.4, 0.5) is 34.1 Å². The van der Waals surface area contributed by atoms with Crippen LogP contribution in [0.5, 0.6) is 0 Å². The number of aromatic nitrogens is 1. The molecule has 0 aliphatic carbocycles. The highest BCUT2D eigenvalue weighted by Gasteiger charge is 2.45. The predicted molar refractivity (Wildman–Crippen MR) is 389 cm³/mol. The van der Waals surface area contributed by atoms with Crippen molar-refractivity contribution in [1.82, 2.24) is 4.57 Å². The van der Waals surface area contributed by atoms with Crippen molar-refractivity contribution >= 4 is 123 Å². The molecule has 0 saturated carbocycles. The van der Waals surface area contributed by atoms with Crippen LogP contribution in [0.2, 0.25) is 0 Å². The van der Waals surface area contributed by atoms with Crippen LogP contribution in [0, 0.1) is 0 Å². The molecule has 438 valence electrons. The van der Waals surface area contributed by atoms with Gasteiger partial charge in [-0.25, -0.2) is 0 Å². The highest BCUT2D eigenvalue weighted by atomic mass is 16.3. The number of hydrogen-bond acceptors (Lipinski definition) is 4. The van der Waals surface area contributed by atoms with E-state index >= 15 is 0 Å². The zero-order valence-corrected chi connectivity index (χ0v) is 52.3. The number of nitrogens with zero attached hydrogens (tertiary/aromatic N) is 3. The molecular weight excluding hydrogens is 1120 g/mol. The molecule has 2 aliphatic rings. The van der Waals surface area contributed by atoms with E-state index in [1.807, 2.05) is 0 Å². The second kappa shape index (κ2) is 20.2. The third kappa shape index (κ3) is 8.40. The van der Waals surface area contributed by atoms with Gasteiger partial charge in [0.2, 0.25) is 0 Å². The lowest BCUT2D eigenvalue weighted by atomic mass is 9.33. The topological polar surface area (TPSA) is 37.7 Å². The van der Waals surface area contributed by atoms with Crippen LogP contribution < -0.4 is 26.2 Å². The summed E-state index contributed by atoms with van der Waals surface area (Å²) in [6.45, 7) is 13.7. The first-order chi connectivity index (χ1) is 44.9. The fourth-order valence-electron chi connectivity index (χ4n) is 15.1. The molecule has 0 atom stereocenters. The van der Waals surface area contributed by atoms with Crippen molar-refractivity contribution in [1.29, 1.82) is 0 Å². The van der Waals surface area contributed by atoms with E-state index in [0.717, 1.165) is 117 Å². The summed E-state index contributed by atoms with van der Waals surface area (Å²) in [5, 5.41) is 6.67. The molecule has 0 bridgehead atoms. The van der Waals surface area contributed by atoms with Crippen molar-refractivity contribution < 1.29 is 8.83 Å². The van der Waals surface area contributed by atoms with Gasteiger partial charge in [-0.2, -0.15) is 0 Å². The molecule has 0 N–H and O–H groups in total. The number of rotatable bonds is 7. The Morgan fingerprint density at radius 3 is 1.05 bits per heavy atom. The quantitative estimate of drug-likeness (QED) is 0.149. The number of anilines is 6. The van der Waals surface area contributed by atoms with Crippen molar-refractivity contribution in [3.8, 4) is 50.2 Å². The highest BCUT2D eigenvalue weighted by Crippen LogP contribution is 2.52. The maximum Gasteiger partial charge on any atom is 0.252 e. The molecule has 0 radical (unpaired) electrons. The van der Waals surface area contributed by atoms with Crippen molar-refractivity contribution in [2.24, 2.45) is 0 Å². The summed E-state index contributed by atoms with van der Waals surface area (Å²) in [6.07, 6.45) is 0. The first-order valence-corrected chi connectivity index (χ1v) is 32.2. The molecule has 18 rings (SSSR count). The molecule has 5 heterocycles. The fourth-order valence-corrected chi connectivity index (χ4v) is 15.1. The molecule has 0 saturated heterocycles. The maximum atomic E-state index is 6.99. The minimum Gasteiger partial charge on any atom is -0.456 e. The van der Waals surface area contributed by atoms with Crippen LogP contribution >= 0.6 is 0 Å². The highest BCUT2D eigenvalue weighted by molar-refractivity contribution is 7.00. The van der Waals surface area contributed by atoms with Gasteiger partial charge >= 0.3 is 0 Å². The van der Waals surface area contributed by atoms with Gasteiger partial charge in [0.1, 0.15) is 22.3 Å². The normalized spacial score (nSPS) is 13.0. The minimum absolute atomic E-state index is 0.113. The zero-order valence-electron chi connectivity index (χ0n) is 52.3. The van der Waals surface area contributed by atoms with Gasteiger partial charge in [0.15, 0.2) is 0 Å². The average molecular weight is 1180 g/mol. The average Bonchev–Trinajstić information content (AvgIpc) is 0.869. The van der Waals surface area contributed by atoms with Gasteiger partial charge in [-0.3, -0.25) is 0 Å². The number of hydrogen-bond donors (Lipinski definition) is 0. The second-order valence-corrected chi connectivity index (χ2v) is 27.2. The van der Waals surface area contributed by atoms with Gasteiger partial charge in [0.05, 0.1) is 38.9 Å². The minimum atomic E-state index is -0.230. The molecule has 2 aliphatic heterocycles. The smallest absolute Gasteiger partial charge is 0.252 e. The summed E-state index contributed by atoms with van der Waals surface area (Å²) in [6, 6.07) is 104. The molecule has 5 nitrogen and oxygen atoms in total. The van der Waals surface area contributed by atoms with Crippen LogP contribution in [-0.2, 0) is 10.8 Å². The number of fused-ring (bicyclic) bond motifs is 13. The summed E-state index contributed by atoms with van der Waals surface area (Å²) < 4.78 is 16.6. The summed E-state index contributed by atoms with van der Waals surface area (Å²) in [5.74, 6) is 0. The Bertz CT molecular complexity index is 5330. The first-order valence-electron chi connectivity index (χ1n) is 32.2. The van der Waals surface area contributed by atoms with E-state index in [1.54, 1.807) is 0 Å². The lowest BCUT2D eigenvalue weighted by Crippen LogP contribution is -2.61. The van der Waals surface area contributed by atoms with Crippen molar-refractivity contribution in [2.75, 3.05) is 9.80 Å². The largest absolute Gasteiger partial charge is 0.456 e. The molecule has 13 aromatic carbocycles. The first kappa shape index (κ1) is 53.9. The molecule has 6 heteroatoms. The van der Waals surface area contributed by atoms with Crippen molar-refractivity contribution in [3.63, 3.8) is 0 Å². The molecular formula is C86H64BN3O2. The Balaban J connectivity index is 1.02. The van der Waals surface area contributed by atoms with Gasteiger partial charge < -0.3 is 23.2 Å². The lowest BCUT2D eigenvalue weighted by Gasteiger charge is -2.45. The summed E-state index contributed by atoms with van der Waals surface area (Å²) in [5.41, 5.74) is 28.4. The fraction of sp³-hybridized carbons (Fsp3) is 0.0930. The van der Waals surface area contributed by atoms with Crippen LogP contribution in [0.3, 0.4) is 0 Å². The molecule has 16 aromatic rings. The molecule has 0 fully saturated rings. The van der Waals surface area contributed by atoms with E-state index in [4.69, 9.17) is 8.83 Å². The van der Waals surface area contributed by atoms with Crippen molar-refractivity contribution in [3.05, 3.63) is 290 Å². The van der Waals surface area contributed by atoms with E-state index in [2.05, 4.69) is 335 Å². The Morgan fingerprint density at radius 1 is 0.283 bits per heavy atom. The number of benzene rings is 13. The standard InChI is InChI=1S/C86H64BN3O2/c1-85(2,3)61-37-39-64-65-40-38-62(86(4,5)6)50-75(65)88(74(64)49-61)63-51-76-84-77(52-63)90(73-30-20-32-81-83(73)67-46-58(36-44-79(67)92-81)54-23-13-8-14-24-54)71-42-34-60(56-27-17-10-18-28-56)48-69(71)87(84)68-47-59(55-25-15-9-16-26-55)33-41-70(68)89(76)72-29-19-31-80-82(72)66-45-57(35-43-78(66)91-80)53-21-11-7-12-22-53/h7-52H,1-6H3. The van der Waals surface area contributed by atoms with E-state index in [0.29, 0.717) is 0 Å². The summed E-state index contributed by atoms with van der Waals surface area (Å²) in [4.78, 5) is 5.18.